The summed E-state index contributed by atoms with van der Waals surface area (Å²) in [5.41, 5.74) is 1.36. The molecule has 0 radical (unpaired) electrons. The molecule has 0 N–H and O–H groups in total. The van der Waals surface area contributed by atoms with Gasteiger partial charge in [-0.1, -0.05) is 36.4 Å². The zero-order valence-electron chi connectivity index (χ0n) is 10.7. The normalized spacial score (nSPS) is 11.9. The lowest BCUT2D eigenvalue weighted by Crippen LogP contribution is -2.14. The van der Waals surface area contributed by atoms with Gasteiger partial charge in [-0.2, -0.15) is 0 Å². The second kappa shape index (κ2) is 4.75. The molecule has 1 heterocycles. The molecule has 1 aromatic heterocycles. The van der Waals surface area contributed by atoms with Crippen LogP contribution in [0.2, 0.25) is 0 Å². The van der Waals surface area contributed by atoms with E-state index >= 15 is 0 Å². The number of nitrogens with zero attached hydrogens (tertiary/aromatic N) is 1. The third-order valence-corrected chi connectivity index (χ3v) is 6.08. The Morgan fingerprint density at radius 2 is 1.55 bits per heavy atom. The standard InChI is InChI=1S/C15H12BrNO2S/c1-11-15(16)13-9-5-6-10-14(13)17(11)20(18,19)12-7-3-2-4-8-12/h2-10H,1H3. The van der Waals surface area contributed by atoms with E-state index in [2.05, 4.69) is 15.9 Å². The van der Waals surface area contributed by atoms with Crippen LogP contribution in [0, 0.1) is 6.92 Å². The van der Waals surface area contributed by atoms with E-state index in [0.29, 0.717) is 11.2 Å². The van der Waals surface area contributed by atoms with Crippen molar-refractivity contribution < 1.29 is 8.42 Å². The van der Waals surface area contributed by atoms with E-state index in [-0.39, 0.29) is 4.90 Å². The number of hydrogen-bond donors (Lipinski definition) is 0. The van der Waals surface area contributed by atoms with Gasteiger partial charge in [0.25, 0.3) is 10.0 Å². The van der Waals surface area contributed by atoms with E-state index in [1.165, 1.54) is 3.97 Å². The summed E-state index contributed by atoms with van der Waals surface area (Å²) in [6, 6.07) is 15.9. The summed E-state index contributed by atoms with van der Waals surface area (Å²) in [5.74, 6) is 0. The Morgan fingerprint density at radius 1 is 0.950 bits per heavy atom. The summed E-state index contributed by atoms with van der Waals surface area (Å²) in [6.07, 6.45) is 0. The molecule has 0 amide bonds. The van der Waals surface area contributed by atoms with Gasteiger partial charge in [-0.3, -0.25) is 0 Å². The van der Waals surface area contributed by atoms with Crippen molar-refractivity contribution in [1.29, 1.82) is 0 Å². The molecule has 3 rings (SSSR count). The largest absolute Gasteiger partial charge is 0.268 e. The Balaban J connectivity index is 2.39. The zero-order valence-corrected chi connectivity index (χ0v) is 13.1. The number of fused-ring (bicyclic) bond motifs is 1. The van der Waals surface area contributed by atoms with Crippen molar-refractivity contribution in [3.8, 4) is 0 Å². The molecule has 0 aliphatic heterocycles. The smallest absolute Gasteiger partial charge is 0.237 e. The molecule has 5 heteroatoms. The highest BCUT2D eigenvalue weighted by atomic mass is 79.9. The molecular weight excluding hydrogens is 338 g/mol. The van der Waals surface area contributed by atoms with Gasteiger partial charge < -0.3 is 0 Å². The third-order valence-electron chi connectivity index (χ3n) is 3.26. The Labute approximate surface area is 126 Å². The molecular formula is C15H12BrNO2S. The van der Waals surface area contributed by atoms with Gasteiger partial charge in [-0.15, -0.1) is 0 Å². The van der Waals surface area contributed by atoms with Crippen molar-refractivity contribution in [2.24, 2.45) is 0 Å². The van der Waals surface area contributed by atoms with Gasteiger partial charge in [-0.25, -0.2) is 12.4 Å². The number of rotatable bonds is 2. The van der Waals surface area contributed by atoms with E-state index in [1.54, 1.807) is 37.3 Å². The van der Waals surface area contributed by atoms with Gasteiger partial charge in [-0.05, 0) is 41.1 Å². The Kier molecular flexibility index (Phi) is 3.18. The first-order chi connectivity index (χ1) is 9.53. The van der Waals surface area contributed by atoms with E-state index in [1.807, 2.05) is 24.3 Å². The number of benzene rings is 2. The van der Waals surface area contributed by atoms with Crippen LogP contribution < -0.4 is 0 Å². The van der Waals surface area contributed by atoms with Gasteiger partial charge in [0.1, 0.15) is 0 Å². The molecule has 2 aromatic carbocycles. The van der Waals surface area contributed by atoms with Crippen LogP contribution in [0.1, 0.15) is 5.69 Å². The summed E-state index contributed by atoms with van der Waals surface area (Å²) in [5, 5.41) is 0.893. The van der Waals surface area contributed by atoms with Gasteiger partial charge in [0.2, 0.25) is 0 Å². The molecule has 0 unspecified atom stereocenters. The highest BCUT2D eigenvalue weighted by Gasteiger charge is 2.23. The Bertz CT molecular complexity index is 883. The topological polar surface area (TPSA) is 39.1 Å². The van der Waals surface area contributed by atoms with Crippen molar-refractivity contribution in [2.75, 3.05) is 0 Å². The molecule has 0 bridgehead atoms. The molecule has 0 fully saturated rings. The quantitative estimate of drug-likeness (QED) is 0.702. The minimum absolute atomic E-state index is 0.288. The predicted octanol–water partition coefficient (Wildman–Crippen LogP) is 3.95. The van der Waals surface area contributed by atoms with Gasteiger partial charge >= 0.3 is 0 Å². The molecule has 102 valence electrons. The van der Waals surface area contributed by atoms with Crippen molar-refractivity contribution >= 4 is 36.9 Å². The van der Waals surface area contributed by atoms with Crippen LogP contribution in [-0.2, 0) is 10.0 Å². The zero-order chi connectivity index (χ0) is 14.3. The molecule has 20 heavy (non-hydrogen) atoms. The number of para-hydroxylation sites is 1. The Hall–Kier alpha value is -1.59. The molecule has 3 nitrogen and oxygen atoms in total. The van der Waals surface area contributed by atoms with E-state index in [9.17, 15) is 8.42 Å². The maximum atomic E-state index is 12.8. The maximum absolute atomic E-state index is 12.8. The molecule has 0 saturated carbocycles. The van der Waals surface area contributed by atoms with Crippen LogP contribution in [0.5, 0.6) is 0 Å². The second-order valence-electron chi connectivity index (χ2n) is 4.50. The minimum atomic E-state index is -3.59. The molecule has 0 spiro atoms. The molecule has 0 aliphatic carbocycles. The second-order valence-corrected chi connectivity index (χ2v) is 7.08. The molecule has 0 atom stereocenters. The predicted molar refractivity (Wildman–Crippen MR) is 83.4 cm³/mol. The summed E-state index contributed by atoms with van der Waals surface area (Å²) in [6.45, 7) is 1.80. The molecule has 0 saturated heterocycles. The van der Waals surface area contributed by atoms with Crippen molar-refractivity contribution in [3.05, 3.63) is 64.8 Å². The van der Waals surface area contributed by atoms with Gasteiger partial charge in [0, 0.05) is 15.6 Å². The van der Waals surface area contributed by atoms with Gasteiger partial charge in [0.15, 0.2) is 0 Å². The fraction of sp³-hybridized carbons (Fsp3) is 0.0667. The highest BCUT2D eigenvalue weighted by molar-refractivity contribution is 9.10. The average molecular weight is 350 g/mol. The summed E-state index contributed by atoms with van der Waals surface area (Å²) in [4.78, 5) is 0.288. The summed E-state index contributed by atoms with van der Waals surface area (Å²) < 4.78 is 27.9. The van der Waals surface area contributed by atoms with Crippen LogP contribution in [0.3, 0.4) is 0 Å². The lowest BCUT2D eigenvalue weighted by atomic mass is 10.2. The summed E-state index contributed by atoms with van der Waals surface area (Å²) in [7, 11) is -3.59. The van der Waals surface area contributed by atoms with Crippen LogP contribution in [-0.4, -0.2) is 12.4 Å². The fourth-order valence-corrected chi connectivity index (χ4v) is 4.52. The van der Waals surface area contributed by atoms with E-state index in [0.717, 1.165) is 9.86 Å². The number of halogens is 1. The van der Waals surface area contributed by atoms with Crippen LogP contribution in [0.4, 0.5) is 0 Å². The fourth-order valence-electron chi connectivity index (χ4n) is 2.31. The highest BCUT2D eigenvalue weighted by Crippen LogP contribution is 2.33. The first-order valence-corrected chi connectivity index (χ1v) is 8.33. The molecule has 0 aliphatic rings. The van der Waals surface area contributed by atoms with Crippen LogP contribution >= 0.6 is 15.9 Å². The lowest BCUT2D eigenvalue weighted by molar-refractivity contribution is 0.588. The SMILES string of the molecule is Cc1c(Br)c2ccccc2n1S(=O)(=O)c1ccccc1. The van der Waals surface area contributed by atoms with Crippen LogP contribution in [0.15, 0.2) is 64.0 Å². The van der Waals surface area contributed by atoms with Crippen molar-refractivity contribution in [3.63, 3.8) is 0 Å². The van der Waals surface area contributed by atoms with Crippen molar-refractivity contribution in [2.45, 2.75) is 11.8 Å². The number of hydrogen-bond acceptors (Lipinski definition) is 2. The first kappa shape index (κ1) is 13.4. The van der Waals surface area contributed by atoms with Crippen molar-refractivity contribution in [1.82, 2.24) is 3.97 Å². The lowest BCUT2D eigenvalue weighted by Gasteiger charge is -2.09. The first-order valence-electron chi connectivity index (χ1n) is 6.09. The summed E-state index contributed by atoms with van der Waals surface area (Å²) >= 11 is 3.48. The number of aromatic nitrogens is 1. The maximum Gasteiger partial charge on any atom is 0.268 e. The average Bonchev–Trinajstić information content (AvgIpc) is 2.73. The van der Waals surface area contributed by atoms with E-state index < -0.39 is 10.0 Å². The minimum Gasteiger partial charge on any atom is -0.237 e. The monoisotopic (exact) mass is 349 g/mol. The molecule has 3 aromatic rings. The van der Waals surface area contributed by atoms with E-state index in [4.69, 9.17) is 0 Å². The van der Waals surface area contributed by atoms with Crippen LogP contribution in [0.25, 0.3) is 10.9 Å². The van der Waals surface area contributed by atoms with Gasteiger partial charge in [0.05, 0.1) is 10.4 Å². The third kappa shape index (κ3) is 1.89. The Morgan fingerprint density at radius 3 is 2.25 bits per heavy atom.